The van der Waals surface area contributed by atoms with E-state index in [0.29, 0.717) is 42.5 Å². The van der Waals surface area contributed by atoms with E-state index in [1.54, 1.807) is 37.4 Å². The van der Waals surface area contributed by atoms with Crippen LogP contribution in [0.25, 0.3) is 0 Å². The van der Waals surface area contributed by atoms with Crippen molar-refractivity contribution in [1.29, 1.82) is 0 Å². The van der Waals surface area contributed by atoms with Crippen molar-refractivity contribution in [3.05, 3.63) is 96.3 Å². The van der Waals surface area contributed by atoms with Gasteiger partial charge in [-0.3, -0.25) is 9.59 Å². The Balaban J connectivity index is 1.98. The minimum absolute atomic E-state index is 0.0414. The molecule has 0 spiro atoms. The van der Waals surface area contributed by atoms with E-state index >= 15 is 0 Å². The van der Waals surface area contributed by atoms with E-state index in [1.807, 2.05) is 24.3 Å². The number of hydrogen-bond donors (Lipinski definition) is 1. The molecule has 1 unspecified atom stereocenters. The first-order valence-electron chi connectivity index (χ1n) is 10.9. The highest BCUT2D eigenvalue weighted by atomic mass is 16.5. The Kier molecular flexibility index (Phi) is 10.3. The average Bonchev–Trinajstić information content (AvgIpc) is 2.87. The summed E-state index contributed by atoms with van der Waals surface area (Å²) in [6.45, 7) is 7.36. The van der Waals surface area contributed by atoms with Gasteiger partial charge >= 0.3 is 5.97 Å². The van der Waals surface area contributed by atoms with Crippen LogP contribution in [-0.4, -0.2) is 42.9 Å². The molecule has 0 fully saturated rings. The van der Waals surface area contributed by atoms with Gasteiger partial charge in [0.2, 0.25) is 5.91 Å². The average molecular weight is 459 g/mol. The second-order valence-corrected chi connectivity index (χ2v) is 7.59. The summed E-state index contributed by atoms with van der Waals surface area (Å²) in [5.74, 6) is 5.07. The maximum Gasteiger partial charge on any atom is 0.332 e. The molecule has 0 bridgehead atoms. The van der Waals surface area contributed by atoms with Crippen molar-refractivity contribution in [1.82, 2.24) is 10.2 Å². The fourth-order valence-electron chi connectivity index (χ4n) is 3.08. The van der Waals surface area contributed by atoms with Crippen LogP contribution in [0.3, 0.4) is 0 Å². The molecule has 2 amide bonds. The van der Waals surface area contributed by atoms with E-state index < -0.39 is 17.9 Å². The fraction of sp³-hybridized carbons (Fsp3) is 0.250. The Labute approximate surface area is 201 Å². The molecule has 1 aliphatic carbocycles. The molecular formula is C28H30N2O4. The Morgan fingerprint density at radius 1 is 1.29 bits per heavy atom. The van der Waals surface area contributed by atoms with Gasteiger partial charge in [-0.05, 0) is 48.8 Å². The van der Waals surface area contributed by atoms with Crippen molar-refractivity contribution in [2.75, 3.05) is 14.2 Å². The van der Waals surface area contributed by atoms with Crippen LogP contribution >= 0.6 is 0 Å². The first kappa shape index (κ1) is 26.1. The number of unbranched alkanes of at least 4 members (excludes halogenated alkanes) is 1. The topological polar surface area (TPSA) is 75.7 Å². The van der Waals surface area contributed by atoms with Gasteiger partial charge in [0, 0.05) is 36.7 Å². The van der Waals surface area contributed by atoms with E-state index in [-0.39, 0.29) is 5.91 Å². The van der Waals surface area contributed by atoms with Gasteiger partial charge in [0.15, 0.2) is 0 Å². The molecule has 1 aliphatic rings. The summed E-state index contributed by atoms with van der Waals surface area (Å²) in [5, 5.41) is 2.72. The quantitative estimate of drug-likeness (QED) is 0.262. The number of rotatable bonds is 9. The SMILES string of the molecule is C=CC(=C)N(C)C(=O)CCCC#Cc1cccc(C(=O)NC(C=C2C=CC=CC2)C(=O)OC)c1. The summed E-state index contributed by atoms with van der Waals surface area (Å²) in [6, 6.07) is 5.96. The molecule has 6 heteroatoms. The highest BCUT2D eigenvalue weighted by Gasteiger charge is 2.20. The molecular weight excluding hydrogens is 428 g/mol. The number of likely N-dealkylation sites (N-methyl/N-ethyl adjacent to an activating group) is 1. The maximum absolute atomic E-state index is 12.8. The van der Waals surface area contributed by atoms with Gasteiger partial charge in [0.1, 0.15) is 6.04 Å². The Morgan fingerprint density at radius 3 is 2.76 bits per heavy atom. The largest absolute Gasteiger partial charge is 0.467 e. The maximum atomic E-state index is 12.8. The number of esters is 1. The van der Waals surface area contributed by atoms with Crippen LogP contribution in [0.15, 0.2) is 85.1 Å². The summed E-state index contributed by atoms with van der Waals surface area (Å²) in [7, 11) is 2.95. The molecule has 176 valence electrons. The normalized spacial score (nSPS) is 13.9. The van der Waals surface area contributed by atoms with Crippen LogP contribution in [0.2, 0.25) is 0 Å². The lowest BCUT2D eigenvalue weighted by atomic mass is 10.0. The number of carbonyl (C=O) groups is 3. The summed E-state index contributed by atoms with van der Waals surface area (Å²) >= 11 is 0. The number of benzene rings is 1. The Bertz CT molecular complexity index is 1100. The lowest BCUT2D eigenvalue weighted by Gasteiger charge is -2.16. The molecule has 6 nitrogen and oxygen atoms in total. The minimum atomic E-state index is -0.897. The van der Waals surface area contributed by atoms with Crippen LogP contribution in [0.1, 0.15) is 41.6 Å². The summed E-state index contributed by atoms with van der Waals surface area (Å²) in [6.07, 6.45) is 13.1. The van der Waals surface area contributed by atoms with Gasteiger partial charge in [0.05, 0.1) is 7.11 Å². The lowest BCUT2D eigenvalue weighted by Crippen LogP contribution is -2.40. The van der Waals surface area contributed by atoms with E-state index in [2.05, 4.69) is 30.3 Å². The number of ether oxygens (including phenoxy) is 1. The third-order valence-corrected chi connectivity index (χ3v) is 5.12. The smallest absolute Gasteiger partial charge is 0.332 e. The predicted molar refractivity (Wildman–Crippen MR) is 134 cm³/mol. The molecule has 34 heavy (non-hydrogen) atoms. The number of nitrogens with one attached hydrogen (secondary N) is 1. The van der Waals surface area contributed by atoms with Crippen LogP contribution in [-0.2, 0) is 14.3 Å². The first-order valence-corrected chi connectivity index (χ1v) is 10.9. The van der Waals surface area contributed by atoms with Gasteiger partial charge in [-0.15, -0.1) is 0 Å². The zero-order chi connectivity index (χ0) is 24.9. The second kappa shape index (κ2) is 13.4. The predicted octanol–water partition coefficient (Wildman–Crippen LogP) is 4.08. The number of carbonyl (C=O) groups excluding carboxylic acids is 3. The molecule has 1 atom stereocenters. The van der Waals surface area contributed by atoms with Gasteiger partial charge in [0.25, 0.3) is 5.91 Å². The molecule has 0 saturated carbocycles. The van der Waals surface area contributed by atoms with E-state index in [0.717, 1.165) is 5.57 Å². The number of allylic oxidation sites excluding steroid dienone is 6. The van der Waals surface area contributed by atoms with Crippen LogP contribution < -0.4 is 5.32 Å². The molecule has 0 aromatic heterocycles. The first-order chi connectivity index (χ1) is 16.3. The minimum Gasteiger partial charge on any atom is -0.467 e. The standard InChI is InChI=1S/C28H30N2O4/c1-5-21(2)30(3)26(31)18-11-7-10-13-22-16-12-17-24(19-22)27(32)29-25(28(33)34-4)20-23-14-8-6-9-15-23/h5-6,8-9,12,14,16-17,19-20,25H,1-2,7,11,15,18H2,3-4H3,(H,29,32). The van der Waals surface area contributed by atoms with Crippen molar-refractivity contribution in [2.24, 2.45) is 0 Å². The molecule has 0 aliphatic heterocycles. The lowest BCUT2D eigenvalue weighted by molar-refractivity contribution is -0.141. The molecule has 1 aromatic rings. The molecule has 0 radical (unpaired) electrons. The third kappa shape index (κ3) is 8.10. The van der Waals surface area contributed by atoms with Crippen molar-refractivity contribution < 1.29 is 19.1 Å². The van der Waals surface area contributed by atoms with Gasteiger partial charge in [-0.1, -0.05) is 55.4 Å². The van der Waals surface area contributed by atoms with E-state index in [1.165, 1.54) is 18.1 Å². The molecule has 1 N–H and O–H groups in total. The Morgan fingerprint density at radius 2 is 2.09 bits per heavy atom. The van der Waals surface area contributed by atoms with Crippen molar-refractivity contribution >= 4 is 17.8 Å². The monoisotopic (exact) mass is 458 g/mol. The van der Waals surface area contributed by atoms with Crippen molar-refractivity contribution in [2.45, 2.75) is 31.7 Å². The van der Waals surface area contributed by atoms with E-state index in [4.69, 9.17) is 4.74 Å². The van der Waals surface area contributed by atoms with Crippen LogP contribution in [0.4, 0.5) is 0 Å². The zero-order valence-corrected chi connectivity index (χ0v) is 19.7. The Hall–Kier alpha value is -4.11. The van der Waals surface area contributed by atoms with Crippen molar-refractivity contribution in [3.8, 4) is 11.8 Å². The highest BCUT2D eigenvalue weighted by Crippen LogP contribution is 2.12. The molecule has 2 rings (SSSR count). The molecule has 0 heterocycles. The second-order valence-electron chi connectivity index (χ2n) is 7.59. The van der Waals surface area contributed by atoms with Gasteiger partial charge in [-0.2, -0.15) is 0 Å². The van der Waals surface area contributed by atoms with Crippen LogP contribution in [0, 0.1) is 11.8 Å². The number of methoxy groups -OCH3 is 1. The number of nitrogens with zero attached hydrogens (tertiary/aromatic N) is 1. The highest BCUT2D eigenvalue weighted by molar-refractivity contribution is 5.97. The van der Waals surface area contributed by atoms with Gasteiger partial charge < -0.3 is 15.0 Å². The molecule has 1 aromatic carbocycles. The van der Waals surface area contributed by atoms with E-state index in [9.17, 15) is 14.4 Å². The number of hydrogen-bond acceptors (Lipinski definition) is 4. The van der Waals surface area contributed by atoms with Crippen molar-refractivity contribution in [3.63, 3.8) is 0 Å². The number of amides is 2. The van der Waals surface area contributed by atoms with Gasteiger partial charge in [-0.25, -0.2) is 4.79 Å². The third-order valence-electron chi connectivity index (χ3n) is 5.12. The summed E-state index contributed by atoms with van der Waals surface area (Å²) < 4.78 is 4.84. The fourth-order valence-corrected chi connectivity index (χ4v) is 3.08. The zero-order valence-electron chi connectivity index (χ0n) is 19.7. The summed E-state index contributed by atoms with van der Waals surface area (Å²) in [5.41, 5.74) is 2.53. The summed E-state index contributed by atoms with van der Waals surface area (Å²) in [4.78, 5) is 38.5. The molecule has 0 saturated heterocycles. The van der Waals surface area contributed by atoms with Crippen LogP contribution in [0.5, 0.6) is 0 Å².